The summed E-state index contributed by atoms with van der Waals surface area (Å²) in [4.78, 5) is 0. The van der Waals surface area contributed by atoms with E-state index in [1.54, 1.807) is 0 Å². The molecule has 0 N–H and O–H groups in total. The number of rotatable bonds is 1. The van der Waals surface area contributed by atoms with E-state index < -0.39 is 0 Å². The molecule has 4 aromatic carbocycles. The number of hydrogen-bond donors (Lipinski definition) is 0. The van der Waals surface area contributed by atoms with Gasteiger partial charge in [0.1, 0.15) is 0 Å². The van der Waals surface area contributed by atoms with Gasteiger partial charge in [-0.1, -0.05) is 77.9 Å². The second kappa shape index (κ2) is 7.41. The van der Waals surface area contributed by atoms with E-state index in [1.165, 1.54) is 62.6 Å². The molecule has 0 amide bonds. The third kappa shape index (κ3) is 3.47. The van der Waals surface area contributed by atoms with Crippen molar-refractivity contribution in [1.82, 2.24) is 0 Å². The van der Waals surface area contributed by atoms with Crippen LogP contribution in [0.25, 0.3) is 51.5 Å². The Bertz CT molecular complexity index is 1710. The predicted molar refractivity (Wildman–Crippen MR) is 155 cm³/mol. The van der Waals surface area contributed by atoms with Crippen LogP contribution in [0.2, 0.25) is 0 Å². The van der Waals surface area contributed by atoms with Crippen molar-refractivity contribution in [2.24, 2.45) is 0 Å². The first kappa shape index (κ1) is 21.8. The zero-order valence-electron chi connectivity index (χ0n) is 20.7. The monoisotopic (exact) mass is 478 g/mol. The lowest BCUT2D eigenvalue weighted by atomic mass is 9.84. The summed E-state index contributed by atoms with van der Waals surface area (Å²) in [5.74, 6) is 0. The summed E-state index contributed by atoms with van der Waals surface area (Å²) in [6, 6.07) is 27.7. The van der Waals surface area contributed by atoms with Gasteiger partial charge in [-0.05, 0) is 69.5 Å². The van der Waals surface area contributed by atoms with Crippen LogP contribution in [-0.4, -0.2) is 0 Å². The van der Waals surface area contributed by atoms with E-state index >= 15 is 0 Å². The normalized spacial score (nSPS) is 13.0. The molecular weight excluding hydrogens is 448 g/mol. The molecule has 2 aromatic heterocycles. The molecule has 0 aliphatic carbocycles. The summed E-state index contributed by atoms with van der Waals surface area (Å²) < 4.78 is 5.53. The first-order valence-corrected chi connectivity index (χ1v) is 13.7. The Kier molecular flexibility index (Phi) is 4.76. The van der Waals surface area contributed by atoms with Crippen LogP contribution in [0.15, 0.2) is 72.8 Å². The Morgan fingerprint density at radius 3 is 2.00 bits per heavy atom. The third-order valence-corrected chi connectivity index (χ3v) is 9.31. The van der Waals surface area contributed by atoms with Gasteiger partial charge < -0.3 is 0 Å². The molecule has 0 saturated heterocycles. The topological polar surface area (TPSA) is 0 Å². The van der Waals surface area contributed by atoms with Gasteiger partial charge in [-0.15, -0.1) is 22.7 Å². The van der Waals surface area contributed by atoms with Crippen LogP contribution in [0.3, 0.4) is 0 Å². The molecule has 6 rings (SSSR count). The highest BCUT2D eigenvalue weighted by molar-refractivity contribution is 7.26. The first-order valence-electron chi connectivity index (χ1n) is 12.0. The third-order valence-electron chi connectivity index (χ3n) is 6.96. The summed E-state index contributed by atoms with van der Waals surface area (Å²) >= 11 is 3.84. The summed E-state index contributed by atoms with van der Waals surface area (Å²) in [5.41, 5.74) is 5.69. The van der Waals surface area contributed by atoms with E-state index in [0.29, 0.717) is 0 Å². The summed E-state index contributed by atoms with van der Waals surface area (Å²) in [6.45, 7) is 13.9. The SMILES string of the molecule is CC(C)(C)c1ccc2sc3cc(-c4cc(C(C)(C)C)c5sc6ccccc6c5c4)ccc3c2c1. The van der Waals surface area contributed by atoms with E-state index in [-0.39, 0.29) is 10.8 Å². The summed E-state index contributed by atoms with van der Waals surface area (Å²) in [7, 11) is 0. The molecule has 0 aliphatic heterocycles. The van der Waals surface area contributed by atoms with Crippen LogP contribution in [0.4, 0.5) is 0 Å². The smallest absolute Gasteiger partial charge is 0.0393 e. The van der Waals surface area contributed by atoms with Gasteiger partial charge in [0.25, 0.3) is 0 Å². The highest BCUT2D eigenvalue weighted by Gasteiger charge is 2.21. The molecule has 0 atom stereocenters. The van der Waals surface area contributed by atoms with Crippen LogP contribution >= 0.6 is 22.7 Å². The van der Waals surface area contributed by atoms with Crippen molar-refractivity contribution in [2.75, 3.05) is 0 Å². The quantitative estimate of drug-likeness (QED) is 0.220. The molecule has 0 fully saturated rings. The molecule has 0 spiro atoms. The van der Waals surface area contributed by atoms with Gasteiger partial charge in [0.15, 0.2) is 0 Å². The largest absolute Gasteiger partial charge is 0.135 e. The Morgan fingerprint density at radius 2 is 1.24 bits per heavy atom. The number of benzene rings is 4. The Labute approximate surface area is 209 Å². The molecule has 34 heavy (non-hydrogen) atoms. The van der Waals surface area contributed by atoms with Gasteiger partial charge >= 0.3 is 0 Å². The lowest BCUT2D eigenvalue weighted by Gasteiger charge is -2.21. The maximum absolute atomic E-state index is 2.43. The van der Waals surface area contributed by atoms with Crippen LogP contribution in [0.5, 0.6) is 0 Å². The zero-order valence-corrected chi connectivity index (χ0v) is 22.4. The van der Waals surface area contributed by atoms with Crippen LogP contribution < -0.4 is 0 Å². The van der Waals surface area contributed by atoms with Crippen molar-refractivity contribution in [3.8, 4) is 11.1 Å². The number of thiophene rings is 2. The molecule has 0 bridgehead atoms. The van der Waals surface area contributed by atoms with Crippen molar-refractivity contribution < 1.29 is 0 Å². The van der Waals surface area contributed by atoms with Crippen LogP contribution in [-0.2, 0) is 10.8 Å². The van der Waals surface area contributed by atoms with Crippen LogP contribution in [0, 0.1) is 0 Å². The van der Waals surface area contributed by atoms with Crippen molar-refractivity contribution in [3.63, 3.8) is 0 Å². The van der Waals surface area contributed by atoms with Gasteiger partial charge in [0.05, 0.1) is 0 Å². The lowest BCUT2D eigenvalue weighted by Crippen LogP contribution is -2.11. The average molecular weight is 479 g/mol. The van der Waals surface area contributed by atoms with E-state index in [0.717, 1.165) is 0 Å². The van der Waals surface area contributed by atoms with Gasteiger partial charge in [-0.3, -0.25) is 0 Å². The van der Waals surface area contributed by atoms with Crippen LogP contribution in [0.1, 0.15) is 52.7 Å². The molecule has 0 saturated carbocycles. The lowest BCUT2D eigenvalue weighted by molar-refractivity contribution is 0.591. The minimum Gasteiger partial charge on any atom is -0.135 e. The minimum absolute atomic E-state index is 0.0835. The Hall–Kier alpha value is -2.68. The molecule has 170 valence electrons. The minimum atomic E-state index is 0.0835. The fourth-order valence-electron chi connectivity index (χ4n) is 4.97. The van der Waals surface area contributed by atoms with E-state index in [2.05, 4.69) is 114 Å². The van der Waals surface area contributed by atoms with Crippen molar-refractivity contribution in [2.45, 2.75) is 52.4 Å². The zero-order chi connectivity index (χ0) is 23.8. The maximum atomic E-state index is 2.43. The Balaban J connectivity index is 1.58. The molecule has 0 radical (unpaired) electrons. The Morgan fingerprint density at radius 1 is 0.500 bits per heavy atom. The molecule has 0 nitrogen and oxygen atoms in total. The summed E-state index contributed by atoms with van der Waals surface area (Å²) in [5, 5.41) is 5.50. The number of fused-ring (bicyclic) bond motifs is 6. The second-order valence-electron chi connectivity index (χ2n) is 11.5. The van der Waals surface area contributed by atoms with E-state index in [9.17, 15) is 0 Å². The first-order chi connectivity index (χ1) is 16.1. The van der Waals surface area contributed by atoms with Crippen molar-refractivity contribution in [1.29, 1.82) is 0 Å². The van der Waals surface area contributed by atoms with Crippen molar-refractivity contribution >= 4 is 63.0 Å². The van der Waals surface area contributed by atoms with Gasteiger partial charge in [-0.2, -0.15) is 0 Å². The predicted octanol–water partition coefficient (Wildman–Crippen LogP) is 10.7. The van der Waals surface area contributed by atoms with Gasteiger partial charge in [0, 0.05) is 40.3 Å². The molecular formula is C32H30S2. The maximum Gasteiger partial charge on any atom is 0.0393 e. The highest BCUT2D eigenvalue weighted by Crippen LogP contribution is 2.44. The fourth-order valence-corrected chi connectivity index (χ4v) is 7.51. The van der Waals surface area contributed by atoms with Gasteiger partial charge in [-0.25, -0.2) is 0 Å². The highest BCUT2D eigenvalue weighted by atomic mass is 32.1. The van der Waals surface area contributed by atoms with E-state index in [1.807, 2.05) is 22.7 Å². The second-order valence-corrected chi connectivity index (χ2v) is 13.7. The standard InChI is InChI=1S/C32H30S2/c1-31(2,3)21-12-14-28-24(18-21)23-13-11-19(17-29(23)33-28)20-15-25-22-9-7-8-10-27(22)34-30(25)26(16-20)32(4,5)6/h7-18H,1-6H3. The molecule has 0 unspecified atom stereocenters. The molecule has 2 heteroatoms. The number of hydrogen-bond acceptors (Lipinski definition) is 2. The van der Waals surface area contributed by atoms with E-state index in [4.69, 9.17) is 0 Å². The molecule has 6 aromatic rings. The molecule has 2 heterocycles. The molecule has 0 aliphatic rings. The summed E-state index contributed by atoms with van der Waals surface area (Å²) in [6.07, 6.45) is 0. The van der Waals surface area contributed by atoms with Crippen molar-refractivity contribution in [3.05, 3.63) is 83.9 Å². The fraction of sp³-hybridized carbons (Fsp3) is 0.250. The van der Waals surface area contributed by atoms with Gasteiger partial charge in [0.2, 0.25) is 0 Å². The average Bonchev–Trinajstić information content (AvgIpc) is 3.34.